The van der Waals surface area contributed by atoms with E-state index in [-0.39, 0.29) is 5.82 Å². The van der Waals surface area contributed by atoms with Crippen LogP contribution in [0.5, 0.6) is 0 Å². The molecule has 0 unspecified atom stereocenters. The molecular formula is C10H14FN3. The maximum Gasteiger partial charge on any atom is 0.167 e. The highest BCUT2D eigenvalue weighted by Crippen LogP contribution is 2.21. The van der Waals surface area contributed by atoms with Gasteiger partial charge in [0, 0.05) is 13.1 Å². The lowest BCUT2D eigenvalue weighted by Gasteiger charge is -2.27. The number of piperidine rings is 1. The van der Waals surface area contributed by atoms with E-state index in [2.05, 4.69) is 4.98 Å². The van der Waals surface area contributed by atoms with Gasteiger partial charge in [-0.1, -0.05) is 0 Å². The van der Waals surface area contributed by atoms with Crippen LogP contribution in [0.2, 0.25) is 0 Å². The van der Waals surface area contributed by atoms with Crippen molar-refractivity contribution in [3.05, 3.63) is 17.9 Å². The summed E-state index contributed by atoms with van der Waals surface area (Å²) >= 11 is 0. The van der Waals surface area contributed by atoms with Gasteiger partial charge in [-0.2, -0.15) is 0 Å². The summed E-state index contributed by atoms with van der Waals surface area (Å²) < 4.78 is 13.4. The minimum atomic E-state index is -0.277. The van der Waals surface area contributed by atoms with Crippen LogP contribution in [-0.4, -0.2) is 18.1 Å². The molecule has 1 aliphatic heterocycles. The monoisotopic (exact) mass is 195 g/mol. The fourth-order valence-electron chi connectivity index (χ4n) is 1.77. The molecule has 4 heteroatoms. The summed E-state index contributed by atoms with van der Waals surface area (Å²) in [6, 6.07) is 2.87. The third-order valence-corrected chi connectivity index (χ3v) is 2.50. The van der Waals surface area contributed by atoms with Crippen molar-refractivity contribution in [3.8, 4) is 0 Å². The zero-order valence-corrected chi connectivity index (χ0v) is 8.04. The van der Waals surface area contributed by atoms with Gasteiger partial charge in [0.15, 0.2) is 11.6 Å². The Labute approximate surface area is 82.7 Å². The van der Waals surface area contributed by atoms with Gasteiger partial charge >= 0.3 is 0 Å². The van der Waals surface area contributed by atoms with E-state index in [1.54, 1.807) is 0 Å². The van der Waals surface area contributed by atoms with Crippen molar-refractivity contribution in [1.82, 2.24) is 4.98 Å². The van der Waals surface area contributed by atoms with Crippen LogP contribution in [0, 0.1) is 5.82 Å². The van der Waals surface area contributed by atoms with E-state index >= 15 is 0 Å². The van der Waals surface area contributed by atoms with Gasteiger partial charge in [-0.3, -0.25) is 0 Å². The Morgan fingerprint density at radius 1 is 1.21 bits per heavy atom. The molecule has 76 valence electrons. The summed E-state index contributed by atoms with van der Waals surface area (Å²) in [7, 11) is 0. The number of nitrogen functional groups attached to an aromatic ring is 1. The summed E-state index contributed by atoms with van der Waals surface area (Å²) in [4.78, 5) is 5.99. The highest BCUT2D eigenvalue weighted by Gasteiger charge is 2.15. The van der Waals surface area contributed by atoms with Crippen LogP contribution in [0.25, 0.3) is 0 Å². The van der Waals surface area contributed by atoms with Crippen LogP contribution in [0.1, 0.15) is 19.3 Å². The van der Waals surface area contributed by atoms with E-state index in [0.29, 0.717) is 11.6 Å². The Hall–Kier alpha value is -1.32. The van der Waals surface area contributed by atoms with E-state index in [9.17, 15) is 4.39 Å². The molecule has 0 amide bonds. The van der Waals surface area contributed by atoms with Gasteiger partial charge < -0.3 is 10.6 Å². The average molecular weight is 195 g/mol. The quantitative estimate of drug-likeness (QED) is 0.742. The Bertz CT molecular complexity index is 321. The van der Waals surface area contributed by atoms with Crippen molar-refractivity contribution in [1.29, 1.82) is 0 Å². The molecule has 1 aliphatic rings. The Kier molecular flexibility index (Phi) is 2.52. The molecule has 0 aliphatic carbocycles. The molecule has 1 fully saturated rings. The van der Waals surface area contributed by atoms with Crippen molar-refractivity contribution in [2.45, 2.75) is 19.3 Å². The topological polar surface area (TPSA) is 42.1 Å². The van der Waals surface area contributed by atoms with Crippen molar-refractivity contribution in [3.63, 3.8) is 0 Å². The molecule has 2 heterocycles. The molecule has 1 saturated heterocycles. The summed E-state index contributed by atoms with van der Waals surface area (Å²) in [5, 5.41) is 0. The average Bonchev–Trinajstić information content (AvgIpc) is 2.23. The van der Waals surface area contributed by atoms with Crippen LogP contribution in [0.15, 0.2) is 12.1 Å². The fourth-order valence-corrected chi connectivity index (χ4v) is 1.77. The molecule has 0 bridgehead atoms. The molecule has 0 spiro atoms. The van der Waals surface area contributed by atoms with E-state index in [1.165, 1.54) is 18.6 Å². The molecule has 0 radical (unpaired) electrons. The number of nitrogens with zero attached hydrogens (tertiary/aromatic N) is 2. The maximum atomic E-state index is 13.4. The zero-order valence-electron chi connectivity index (χ0n) is 8.04. The number of halogens is 1. The summed E-state index contributed by atoms with van der Waals surface area (Å²) in [5.41, 5.74) is 5.53. The molecule has 3 nitrogen and oxygen atoms in total. The van der Waals surface area contributed by atoms with Crippen molar-refractivity contribution in [2.24, 2.45) is 0 Å². The van der Waals surface area contributed by atoms with Crippen molar-refractivity contribution in [2.75, 3.05) is 23.7 Å². The van der Waals surface area contributed by atoms with Crippen LogP contribution >= 0.6 is 0 Å². The van der Waals surface area contributed by atoms with Crippen LogP contribution in [0.3, 0.4) is 0 Å². The standard InChI is InChI=1S/C10H14FN3/c11-8-4-5-9(12)13-10(8)14-6-2-1-3-7-14/h4-5H,1-3,6-7H2,(H2,12,13). The van der Waals surface area contributed by atoms with Gasteiger partial charge in [0.1, 0.15) is 5.82 Å². The zero-order chi connectivity index (χ0) is 9.97. The number of anilines is 2. The lowest BCUT2D eigenvalue weighted by atomic mass is 10.1. The Morgan fingerprint density at radius 3 is 2.64 bits per heavy atom. The van der Waals surface area contributed by atoms with Crippen molar-refractivity contribution >= 4 is 11.6 Å². The summed E-state index contributed by atoms with van der Waals surface area (Å²) in [6.45, 7) is 1.76. The molecule has 2 rings (SSSR count). The largest absolute Gasteiger partial charge is 0.384 e. The van der Waals surface area contributed by atoms with E-state index in [1.807, 2.05) is 4.90 Å². The summed E-state index contributed by atoms with van der Waals surface area (Å²) in [6.07, 6.45) is 3.44. The number of rotatable bonds is 1. The first-order valence-electron chi connectivity index (χ1n) is 4.94. The van der Waals surface area contributed by atoms with Crippen molar-refractivity contribution < 1.29 is 4.39 Å². The predicted molar refractivity (Wildman–Crippen MR) is 54.7 cm³/mol. The number of nitrogens with two attached hydrogens (primary N) is 1. The van der Waals surface area contributed by atoms with E-state index in [0.717, 1.165) is 25.9 Å². The predicted octanol–water partition coefficient (Wildman–Crippen LogP) is 1.79. The lowest BCUT2D eigenvalue weighted by molar-refractivity contribution is 0.550. The number of hydrogen-bond donors (Lipinski definition) is 1. The molecule has 0 saturated carbocycles. The second-order valence-electron chi connectivity index (χ2n) is 3.59. The first-order valence-corrected chi connectivity index (χ1v) is 4.94. The van der Waals surface area contributed by atoms with Gasteiger partial charge in [0.05, 0.1) is 0 Å². The minimum Gasteiger partial charge on any atom is -0.384 e. The fraction of sp³-hybridized carbons (Fsp3) is 0.500. The number of pyridine rings is 1. The van der Waals surface area contributed by atoms with Crippen LogP contribution in [0.4, 0.5) is 16.0 Å². The molecule has 14 heavy (non-hydrogen) atoms. The molecule has 0 atom stereocenters. The molecule has 2 N–H and O–H groups in total. The molecular weight excluding hydrogens is 181 g/mol. The first kappa shape index (κ1) is 9.24. The summed E-state index contributed by atoms with van der Waals surface area (Å²) in [5.74, 6) is 0.512. The highest BCUT2D eigenvalue weighted by molar-refractivity contribution is 5.46. The second kappa shape index (κ2) is 3.82. The lowest BCUT2D eigenvalue weighted by Crippen LogP contribution is -2.31. The van der Waals surface area contributed by atoms with Crippen LogP contribution < -0.4 is 10.6 Å². The third kappa shape index (κ3) is 1.78. The van der Waals surface area contributed by atoms with Gasteiger partial charge in [-0.25, -0.2) is 9.37 Å². The highest BCUT2D eigenvalue weighted by atomic mass is 19.1. The van der Waals surface area contributed by atoms with Crippen LogP contribution in [-0.2, 0) is 0 Å². The minimum absolute atomic E-state index is 0.277. The van der Waals surface area contributed by atoms with Gasteiger partial charge in [-0.05, 0) is 31.4 Å². The second-order valence-corrected chi connectivity index (χ2v) is 3.59. The molecule has 1 aromatic rings. The van der Waals surface area contributed by atoms with Gasteiger partial charge in [0.25, 0.3) is 0 Å². The smallest absolute Gasteiger partial charge is 0.167 e. The third-order valence-electron chi connectivity index (χ3n) is 2.50. The molecule has 0 aromatic carbocycles. The number of hydrogen-bond acceptors (Lipinski definition) is 3. The number of aromatic nitrogens is 1. The SMILES string of the molecule is Nc1ccc(F)c(N2CCCCC2)n1. The van der Waals surface area contributed by atoms with Gasteiger partial charge in [0.2, 0.25) is 0 Å². The Balaban J connectivity index is 2.24. The van der Waals surface area contributed by atoms with Gasteiger partial charge in [-0.15, -0.1) is 0 Å². The van der Waals surface area contributed by atoms with E-state index < -0.39 is 0 Å². The Morgan fingerprint density at radius 2 is 1.93 bits per heavy atom. The first-order chi connectivity index (χ1) is 6.77. The maximum absolute atomic E-state index is 13.4. The van der Waals surface area contributed by atoms with E-state index in [4.69, 9.17) is 5.73 Å². The molecule has 1 aromatic heterocycles. The normalized spacial score (nSPS) is 17.1.